The molecule has 0 fully saturated rings. The third-order valence-electron chi connectivity index (χ3n) is 11.0. The summed E-state index contributed by atoms with van der Waals surface area (Å²) >= 11 is 0. The van der Waals surface area contributed by atoms with E-state index in [0.717, 1.165) is 8.97 Å². The maximum Gasteiger partial charge on any atom is 0.132 e. The van der Waals surface area contributed by atoms with Gasteiger partial charge in [0.15, 0.2) is 0 Å². The smallest absolute Gasteiger partial charge is 0.132 e. The molecule has 2 aromatic carbocycles. The molecule has 0 aromatic heterocycles. The van der Waals surface area contributed by atoms with E-state index < -0.39 is 0 Å². The number of benzene rings is 2. The predicted molar refractivity (Wildman–Crippen MR) is 225 cm³/mol. The molecule has 0 saturated carbocycles. The molecule has 0 atom stereocenters. The Morgan fingerprint density at radius 3 is 0.940 bits per heavy atom. The fourth-order valence-electron chi connectivity index (χ4n) is 7.34. The fourth-order valence-corrected chi connectivity index (χ4v) is 7.34. The lowest BCUT2D eigenvalue weighted by Crippen LogP contribution is -2.49. The number of hydrogen-bond acceptors (Lipinski definition) is 2. The van der Waals surface area contributed by atoms with Crippen LogP contribution in [0.5, 0.6) is 0 Å². The van der Waals surface area contributed by atoms with Crippen molar-refractivity contribution in [3.8, 4) is 0 Å². The third kappa shape index (κ3) is 24.5. The first-order valence-electron chi connectivity index (χ1n) is 21.3. The zero-order valence-corrected chi connectivity index (χ0v) is 34.4. The summed E-state index contributed by atoms with van der Waals surface area (Å²) in [7, 11) is 4.65. The molecular weight excluding hydrogens is 613 g/mol. The second-order valence-corrected chi connectivity index (χ2v) is 15.4. The number of quaternary nitrogens is 2. The van der Waals surface area contributed by atoms with E-state index in [4.69, 9.17) is 0 Å². The third-order valence-corrected chi connectivity index (χ3v) is 11.0. The zero-order chi connectivity index (χ0) is 35.0. The fraction of sp³-hybridized carbons (Fsp3) is 0.739. The van der Waals surface area contributed by atoms with Crippen LogP contribution in [-0.4, -0.2) is 51.2 Å². The maximum absolute atomic E-state index is 2.34. The van der Waals surface area contributed by atoms with E-state index in [9.17, 15) is 0 Å². The van der Waals surface area contributed by atoms with Gasteiger partial charge in [-0.1, -0.05) is 179 Å². The predicted octanol–water partition coefficient (Wildman–Crippen LogP) is 14.3. The van der Waals surface area contributed by atoms with Crippen LogP contribution in [0.2, 0.25) is 0 Å². The molecule has 0 bridgehead atoms. The zero-order valence-electron chi connectivity index (χ0n) is 34.4. The summed E-state index contributed by atoms with van der Waals surface area (Å²) in [6.07, 6.45) is 34.3. The van der Waals surface area contributed by atoms with Gasteiger partial charge in [-0.25, -0.2) is 0 Å². The monoisotopic (exact) mass is 699 g/mol. The van der Waals surface area contributed by atoms with Crippen molar-refractivity contribution in [1.82, 2.24) is 8.97 Å². The van der Waals surface area contributed by atoms with Gasteiger partial charge in [-0.3, -0.25) is 8.97 Å². The van der Waals surface area contributed by atoms with Crippen LogP contribution in [0, 0.1) is 0 Å². The largest absolute Gasteiger partial charge is 0.870 e. The van der Waals surface area contributed by atoms with Crippen molar-refractivity contribution < 1.29 is 11.0 Å². The van der Waals surface area contributed by atoms with Gasteiger partial charge in [0.1, 0.15) is 11.4 Å². The first kappa shape index (κ1) is 50.4. The summed E-state index contributed by atoms with van der Waals surface area (Å²) in [5.41, 5.74) is 2.92. The first-order valence-corrected chi connectivity index (χ1v) is 21.3. The second kappa shape index (κ2) is 34.4. The van der Waals surface area contributed by atoms with E-state index in [0.29, 0.717) is 0 Å². The molecule has 2 aromatic rings. The molecule has 0 spiro atoms. The molecular formula is C46H86N2O2. The lowest BCUT2D eigenvalue weighted by Gasteiger charge is -2.36. The van der Waals surface area contributed by atoms with Crippen molar-refractivity contribution in [3.05, 3.63) is 60.7 Å². The Kier molecular flexibility index (Phi) is 34.6. The average Bonchev–Trinajstić information content (AvgIpc) is 3.12. The number of para-hydroxylation sites is 2. The van der Waals surface area contributed by atoms with Crippen LogP contribution in [0.4, 0.5) is 11.4 Å². The Morgan fingerprint density at radius 1 is 0.340 bits per heavy atom. The highest BCUT2D eigenvalue weighted by Crippen LogP contribution is 2.24. The Hall–Kier alpha value is -1.72. The van der Waals surface area contributed by atoms with Crippen molar-refractivity contribution in [1.29, 1.82) is 0 Å². The van der Waals surface area contributed by atoms with Crippen molar-refractivity contribution in [2.45, 2.75) is 182 Å². The van der Waals surface area contributed by atoms with Gasteiger partial charge in [0.05, 0.1) is 40.3 Å². The number of rotatable bonds is 30. The normalized spacial score (nSPS) is 11.3. The van der Waals surface area contributed by atoms with Gasteiger partial charge in [-0.2, -0.15) is 0 Å². The van der Waals surface area contributed by atoms with Crippen molar-refractivity contribution in [3.63, 3.8) is 0 Å². The Labute approximate surface area is 313 Å². The average molecular weight is 699 g/mol. The standard InChI is InChI=1S/C24H44N.C22H40N.2H2O/c1-4-7-8-9-10-11-12-13-14-15-16-20-23-25(5-2,6-3)24-21-18-17-19-22-24;1-4-5-6-7-8-9-10-11-12-13-14-18-21-23(2,3)22-19-16-15-17-20-22;;/h17-19,21-22H,4-16,20,23H2,1-3H3;15-17,19-20H,4-14,18,21H2,1-3H3;2*1H2/q2*+1;;/p-2. The minimum absolute atomic E-state index is 0. The molecule has 0 aliphatic rings. The molecule has 2 rings (SSSR count). The molecule has 0 radical (unpaired) electrons. The van der Waals surface area contributed by atoms with Crippen LogP contribution in [-0.2, 0) is 0 Å². The molecule has 0 saturated heterocycles. The van der Waals surface area contributed by atoms with E-state index in [1.807, 2.05) is 0 Å². The second-order valence-electron chi connectivity index (χ2n) is 15.4. The van der Waals surface area contributed by atoms with E-state index in [-0.39, 0.29) is 11.0 Å². The molecule has 0 amide bonds. The first-order chi connectivity index (χ1) is 23.5. The van der Waals surface area contributed by atoms with Gasteiger partial charge in [-0.05, 0) is 63.8 Å². The lowest BCUT2D eigenvalue weighted by atomic mass is 10.0. The van der Waals surface area contributed by atoms with Crippen molar-refractivity contribution in [2.75, 3.05) is 40.3 Å². The van der Waals surface area contributed by atoms with Crippen molar-refractivity contribution >= 4 is 11.4 Å². The Morgan fingerprint density at radius 2 is 0.620 bits per heavy atom. The SMILES string of the molecule is CCCCCCCCCCCCCC[N+](C)(C)c1ccccc1.CCCCCCCCCCCCCC[N+](CC)(CC)c1ccccc1.[OH-].[OH-]. The summed E-state index contributed by atoms with van der Waals surface area (Å²) in [6.45, 7) is 14.2. The lowest BCUT2D eigenvalue weighted by molar-refractivity contribution is 0.291. The summed E-state index contributed by atoms with van der Waals surface area (Å²) in [5, 5.41) is 0. The molecule has 0 heterocycles. The van der Waals surface area contributed by atoms with E-state index >= 15 is 0 Å². The van der Waals surface area contributed by atoms with E-state index in [2.05, 4.69) is 102 Å². The minimum atomic E-state index is 0. The highest BCUT2D eigenvalue weighted by molar-refractivity contribution is 5.42. The Balaban J connectivity index is 0. The quantitative estimate of drug-likeness (QED) is 0.0602. The maximum atomic E-state index is 2.34. The van der Waals surface area contributed by atoms with Gasteiger partial charge in [0, 0.05) is 0 Å². The summed E-state index contributed by atoms with van der Waals surface area (Å²) in [6, 6.07) is 22.0. The van der Waals surface area contributed by atoms with E-state index in [1.54, 1.807) is 0 Å². The molecule has 4 nitrogen and oxygen atoms in total. The molecule has 0 aliphatic carbocycles. The topological polar surface area (TPSA) is 60.0 Å². The molecule has 50 heavy (non-hydrogen) atoms. The van der Waals surface area contributed by atoms with Crippen LogP contribution in [0.3, 0.4) is 0 Å². The van der Waals surface area contributed by atoms with Crippen LogP contribution in [0.25, 0.3) is 0 Å². The number of nitrogens with zero attached hydrogens (tertiary/aromatic N) is 2. The van der Waals surface area contributed by atoms with Crippen molar-refractivity contribution in [2.24, 2.45) is 0 Å². The summed E-state index contributed by atoms with van der Waals surface area (Å²) < 4.78 is 2.16. The number of unbranched alkanes of at least 4 members (excludes halogenated alkanes) is 22. The highest BCUT2D eigenvalue weighted by atomic mass is 16.0. The molecule has 2 N–H and O–H groups in total. The van der Waals surface area contributed by atoms with Crippen LogP contribution < -0.4 is 8.97 Å². The molecule has 292 valence electrons. The molecule has 4 heteroatoms. The molecule has 0 unspecified atom stereocenters. The van der Waals surface area contributed by atoms with Crippen LogP contribution >= 0.6 is 0 Å². The van der Waals surface area contributed by atoms with Gasteiger partial charge in [0.25, 0.3) is 0 Å². The van der Waals surface area contributed by atoms with Gasteiger partial charge < -0.3 is 11.0 Å². The van der Waals surface area contributed by atoms with Crippen LogP contribution in [0.1, 0.15) is 182 Å². The Bertz CT molecular complexity index is 930. The minimum Gasteiger partial charge on any atom is -0.870 e. The highest BCUT2D eigenvalue weighted by Gasteiger charge is 2.25. The number of hydrogen-bond donors (Lipinski definition) is 0. The molecule has 0 aliphatic heterocycles. The van der Waals surface area contributed by atoms with Gasteiger partial charge in [0.2, 0.25) is 0 Å². The van der Waals surface area contributed by atoms with Gasteiger partial charge in [-0.15, -0.1) is 0 Å². The summed E-state index contributed by atoms with van der Waals surface area (Å²) in [4.78, 5) is 0. The van der Waals surface area contributed by atoms with Gasteiger partial charge >= 0.3 is 0 Å². The summed E-state index contributed by atoms with van der Waals surface area (Å²) in [5.74, 6) is 0. The van der Waals surface area contributed by atoms with Crippen LogP contribution in [0.15, 0.2) is 60.7 Å². The van der Waals surface area contributed by atoms with E-state index in [1.165, 1.54) is 192 Å².